The van der Waals surface area contributed by atoms with Crippen molar-refractivity contribution in [2.24, 2.45) is 0 Å². The topological polar surface area (TPSA) is 39.7 Å². The van der Waals surface area contributed by atoms with Gasteiger partial charge in [0.15, 0.2) is 11.5 Å². The van der Waals surface area contributed by atoms with E-state index < -0.39 is 0 Å². The van der Waals surface area contributed by atoms with E-state index in [0.717, 1.165) is 44.1 Å². The molecule has 110 valence electrons. The first kappa shape index (κ1) is 13.7. The minimum atomic E-state index is 0.180. The Balaban J connectivity index is 2.12. The van der Waals surface area contributed by atoms with Crippen LogP contribution in [0, 0.1) is 0 Å². The molecular formula is C16H23NO3. The smallest absolute Gasteiger partial charge is 0.161 e. The number of ether oxygens (including phenoxy) is 3. The molecule has 1 N–H and O–H groups in total. The SMILES string of the molecule is COc1cc2c(cc1OC)C1(CCOCC1)CNC2C. The van der Waals surface area contributed by atoms with Crippen molar-refractivity contribution in [2.75, 3.05) is 34.0 Å². The van der Waals surface area contributed by atoms with Crippen LogP contribution in [0.25, 0.3) is 0 Å². The van der Waals surface area contributed by atoms with Crippen LogP contribution in [0.15, 0.2) is 12.1 Å². The molecule has 0 aliphatic carbocycles. The summed E-state index contributed by atoms with van der Waals surface area (Å²) in [7, 11) is 3.39. The predicted octanol–water partition coefficient (Wildman–Crippen LogP) is 2.42. The van der Waals surface area contributed by atoms with Gasteiger partial charge in [0.2, 0.25) is 0 Å². The van der Waals surface area contributed by atoms with Crippen LogP contribution in [0.3, 0.4) is 0 Å². The largest absolute Gasteiger partial charge is 0.493 e. The lowest BCUT2D eigenvalue weighted by Gasteiger charge is -2.44. The van der Waals surface area contributed by atoms with Gasteiger partial charge in [-0.15, -0.1) is 0 Å². The average Bonchev–Trinajstić information content (AvgIpc) is 2.51. The molecule has 1 fully saturated rings. The Kier molecular flexibility index (Phi) is 3.61. The first-order valence-electron chi connectivity index (χ1n) is 7.28. The molecule has 0 aromatic heterocycles. The summed E-state index contributed by atoms with van der Waals surface area (Å²) in [5.74, 6) is 1.63. The third-order valence-electron chi connectivity index (χ3n) is 4.79. The molecule has 1 spiro atoms. The fraction of sp³-hybridized carbons (Fsp3) is 0.625. The second kappa shape index (κ2) is 5.26. The van der Waals surface area contributed by atoms with Gasteiger partial charge in [-0.2, -0.15) is 0 Å². The molecule has 0 saturated carbocycles. The molecule has 4 nitrogen and oxygen atoms in total. The average molecular weight is 277 g/mol. The lowest BCUT2D eigenvalue weighted by Crippen LogP contribution is -2.48. The van der Waals surface area contributed by atoms with Gasteiger partial charge >= 0.3 is 0 Å². The van der Waals surface area contributed by atoms with Crippen molar-refractivity contribution in [3.05, 3.63) is 23.3 Å². The number of fused-ring (bicyclic) bond motifs is 2. The van der Waals surface area contributed by atoms with E-state index in [1.807, 2.05) is 0 Å². The molecule has 0 radical (unpaired) electrons. The summed E-state index contributed by atoms with van der Waals surface area (Å²) in [6.45, 7) is 4.89. The van der Waals surface area contributed by atoms with Gasteiger partial charge in [0, 0.05) is 31.2 Å². The minimum Gasteiger partial charge on any atom is -0.493 e. The van der Waals surface area contributed by atoms with Crippen LogP contribution >= 0.6 is 0 Å². The van der Waals surface area contributed by atoms with Crippen LogP contribution in [0.5, 0.6) is 11.5 Å². The van der Waals surface area contributed by atoms with Gasteiger partial charge in [-0.1, -0.05) is 0 Å². The van der Waals surface area contributed by atoms with Crippen molar-refractivity contribution < 1.29 is 14.2 Å². The number of hydrogen-bond acceptors (Lipinski definition) is 4. The summed E-state index contributed by atoms with van der Waals surface area (Å²) in [5, 5.41) is 3.64. The number of benzene rings is 1. The first-order valence-corrected chi connectivity index (χ1v) is 7.28. The van der Waals surface area contributed by atoms with Gasteiger partial charge in [-0.25, -0.2) is 0 Å². The zero-order valence-corrected chi connectivity index (χ0v) is 12.5. The Morgan fingerprint density at radius 2 is 1.80 bits per heavy atom. The molecule has 4 heteroatoms. The highest BCUT2D eigenvalue weighted by Gasteiger charge is 2.40. The molecule has 1 atom stereocenters. The molecule has 1 saturated heterocycles. The number of rotatable bonds is 2. The van der Waals surface area contributed by atoms with E-state index in [1.165, 1.54) is 11.1 Å². The van der Waals surface area contributed by atoms with Crippen molar-refractivity contribution in [1.82, 2.24) is 5.32 Å². The summed E-state index contributed by atoms with van der Waals surface area (Å²) < 4.78 is 16.5. The Morgan fingerprint density at radius 1 is 1.15 bits per heavy atom. The summed E-state index contributed by atoms with van der Waals surface area (Å²) in [6, 6.07) is 4.65. The highest BCUT2D eigenvalue weighted by atomic mass is 16.5. The fourth-order valence-electron chi connectivity index (χ4n) is 3.47. The molecule has 0 amide bonds. The molecule has 1 unspecified atom stereocenters. The number of methoxy groups -OCH3 is 2. The Labute approximate surface area is 120 Å². The van der Waals surface area contributed by atoms with Gasteiger partial charge < -0.3 is 19.5 Å². The normalized spacial score (nSPS) is 24.2. The van der Waals surface area contributed by atoms with Crippen LogP contribution < -0.4 is 14.8 Å². The quantitative estimate of drug-likeness (QED) is 0.901. The van der Waals surface area contributed by atoms with E-state index in [-0.39, 0.29) is 5.41 Å². The van der Waals surface area contributed by atoms with E-state index in [9.17, 15) is 0 Å². The van der Waals surface area contributed by atoms with Crippen LogP contribution in [0.1, 0.15) is 36.9 Å². The van der Waals surface area contributed by atoms with E-state index in [4.69, 9.17) is 14.2 Å². The van der Waals surface area contributed by atoms with Crippen LogP contribution in [-0.4, -0.2) is 34.0 Å². The maximum absolute atomic E-state index is 5.56. The molecule has 2 heterocycles. The fourth-order valence-corrected chi connectivity index (χ4v) is 3.47. The van der Waals surface area contributed by atoms with Gasteiger partial charge in [0.1, 0.15) is 0 Å². The van der Waals surface area contributed by atoms with Crippen molar-refractivity contribution >= 4 is 0 Å². The van der Waals surface area contributed by atoms with Crippen molar-refractivity contribution in [3.8, 4) is 11.5 Å². The predicted molar refractivity (Wildman–Crippen MR) is 77.7 cm³/mol. The maximum Gasteiger partial charge on any atom is 0.161 e. The summed E-state index contributed by atoms with van der Waals surface area (Å²) in [4.78, 5) is 0. The van der Waals surface area contributed by atoms with Crippen molar-refractivity contribution in [2.45, 2.75) is 31.2 Å². The van der Waals surface area contributed by atoms with Gasteiger partial charge in [0.25, 0.3) is 0 Å². The van der Waals surface area contributed by atoms with Crippen molar-refractivity contribution in [3.63, 3.8) is 0 Å². The van der Waals surface area contributed by atoms with E-state index in [1.54, 1.807) is 14.2 Å². The Morgan fingerprint density at radius 3 is 2.45 bits per heavy atom. The van der Waals surface area contributed by atoms with E-state index in [2.05, 4.69) is 24.4 Å². The molecule has 3 rings (SSSR count). The van der Waals surface area contributed by atoms with Crippen LogP contribution in [-0.2, 0) is 10.2 Å². The van der Waals surface area contributed by atoms with Gasteiger partial charge in [-0.05, 0) is 43.0 Å². The van der Waals surface area contributed by atoms with E-state index in [0.29, 0.717) is 6.04 Å². The Hall–Kier alpha value is -1.26. The minimum absolute atomic E-state index is 0.180. The number of hydrogen-bond donors (Lipinski definition) is 1. The summed E-state index contributed by atoms with van der Waals surface area (Å²) in [6.07, 6.45) is 2.13. The Bertz CT molecular complexity index is 495. The zero-order chi connectivity index (χ0) is 14.2. The third kappa shape index (κ3) is 2.07. The third-order valence-corrected chi connectivity index (χ3v) is 4.79. The molecule has 2 aliphatic heterocycles. The first-order chi connectivity index (χ1) is 9.70. The summed E-state index contributed by atoms with van der Waals surface area (Å²) in [5.41, 5.74) is 2.92. The second-order valence-electron chi connectivity index (χ2n) is 5.79. The number of nitrogens with one attached hydrogen (secondary N) is 1. The van der Waals surface area contributed by atoms with Gasteiger partial charge in [-0.3, -0.25) is 0 Å². The second-order valence-corrected chi connectivity index (χ2v) is 5.79. The highest BCUT2D eigenvalue weighted by molar-refractivity contribution is 5.52. The molecule has 1 aromatic rings. The molecule has 2 aliphatic rings. The summed E-state index contributed by atoms with van der Waals surface area (Å²) >= 11 is 0. The zero-order valence-electron chi connectivity index (χ0n) is 12.5. The lowest BCUT2D eigenvalue weighted by atomic mass is 9.69. The molecule has 20 heavy (non-hydrogen) atoms. The van der Waals surface area contributed by atoms with Crippen LogP contribution in [0.4, 0.5) is 0 Å². The van der Waals surface area contributed by atoms with Gasteiger partial charge in [0.05, 0.1) is 14.2 Å². The molecule has 1 aromatic carbocycles. The lowest BCUT2D eigenvalue weighted by molar-refractivity contribution is 0.0455. The maximum atomic E-state index is 5.56. The highest BCUT2D eigenvalue weighted by Crippen LogP contribution is 2.45. The monoisotopic (exact) mass is 277 g/mol. The molecular weight excluding hydrogens is 254 g/mol. The molecule has 0 bridgehead atoms. The van der Waals surface area contributed by atoms with E-state index >= 15 is 0 Å². The van der Waals surface area contributed by atoms with Crippen LogP contribution in [0.2, 0.25) is 0 Å². The standard InChI is InChI=1S/C16H23NO3/c1-11-12-8-14(18-2)15(19-3)9-13(12)16(10-17-11)4-6-20-7-5-16/h8-9,11,17H,4-7,10H2,1-3H3. The van der Waals surface area contributed by atoms with Crippen molar-refractivity contribution in [1.29, 1.82) is 0 Å².